The van der Waals surface area contributed by atoms with Gasteiger partial charge in [0.2, 0.25) is 5.91 Å². The van der Waals surface area contributed by atoms with Gasteiger partial charge in [0.25, 0.3) is 5.91 Å². The third-order valence-corrected chi connectivity index (χ3v) is 2.78. The molecule has 6 nitrogen and oxygen atoms in total. The summed E-state index contributed by atoms with van der Waals surface area (Å²) in [6, 6.07) is 4.97. The maximum Gasteiger partial charge on any atom is 0.303 e. The second kappa shape index (κ2) is 7.28. The summed E-state index contributed by atoms with van der Waals surface area (Å²) in [6.07, 6.45) is 0.432. The van der Waals surface area contributed by atoms with Gasteiger partial charge in [0, 0.05) is 31.1 Å². The third kappa shape index (κ3) is 4.72. The van der Waals surface area contributed by atoms with Gasteiger partial charge in [-0.05, 0) is 37.1 Å². The van der Waals surface area contributed by atoms with E-state index in [1.54, 1.807) is 32.2 Å². The summed E-state index contributed by atoms with van der Waals surface area (Å²) in [7, 11) is 1.55. The molecule has 1 aromatic carbocycles. The number of carboxylic acid groups (broad SMARTS) is 1. The zero-order chi connectivity index (χ0) is 15.1. The summed E-state index contributed by atoms with van der Waals surface area (Å²) in [5, 5.41) is 13.7. The molecule has 0 unspecified atom stereocenters. The number of carboxylic acids is 1. The van der Waals surface area contributed by atoms with E-state index < -0.39 is 5.97 Å². The number of carbonyl (C=O) groups excluding carboxylic acids is 2. The van der Waals surface area contributed by atoms with Gasteiger partial charge in [0.05, 0.1) is 0 Å². The van der Waals surface area contributed by atoms with Gasteiger partial charge in [-0.2, -0.15) is 0 Å². The van der Waals surface area contributed by atoms with Gasteiger partial charge < -0.3 is 15.7 Å². The van der Waals surface area contributed by atoms with E-state index in [-0.39, 0.29) is 24.7 Å². The number of aliphatic carboxylic acids is 1. The molecule has 2 amide bonds. The third-order valence-electron chi connectivity index (χ3n) is 2.78. The number of anilines is 1. The van der Waals surface area contributed by atoms with Gasteiger partial charge in [-0.15, -0.1) is 0 Å². The van der Waals surface area contributed by atoms with Crippen LogP contribution in [-0.4, -0.2) is 29.9 Å². The number of amides is 2. The number of benzene rings is 1. The van der Waals surface area contributed by atoms with E-state index in [4.69, 9.17) is 5.11 Å². The van der Waals surface area contributed by atoms with Gasteiger partial charge >= 0.3 is 5.97 Å². The molecule has 0 aliphatic carbocycles. The fourth-order valence-corrected chi connectivity index (χ4v) is 1.70. The highest BCUT2D eigenvalue weighted by molar-refractivity contribution is 5.96. The second-order valence-corrected chi connectivity index (χ2v) is 4.40. The van der Waals surface area contributed by atoms with E-state index in [2.05, 4.69) is 10.6 Å². The summed E-state index contributed by atoms with van der Waals surface area (Å²) in [6.45, 7) is 1.79. The van der Waals surface area contributed by atoms with E-state index in [0.29, 0.717) is 17.7 Å². The first-order valence-electron chi connectivity index (χ1n) is 6.28. The van der Waals surface area contributed by atoms with Crippen molar-refractivity contribution < 1.29 is 19.5 Å². The highest BCUT2D eigenvalue weighted by Crippen LogP contribution is 2.17. The molecule has 1 aromatic rings. The molecule has 3 N–H and O–H groups in total. The lowest BCUT2D eigenvalue weighted by Crippen LogP contribution is -2.18. The minimum atomic E-state index is -0.913. The zero-order valence-corrected chi connectivity index (χ0v) is 11.5. The summed E-state index contributed by atoms with van der Waals surface area (Å²) in [5.41, 5.74) is 1.92. The Hall–Kier alpha value is -2.37. The average Bonchev–Trinajstić information content (AvgIpc) is 2.39. The number of hydrogen-bond donors (Lipinski definition) is 3. The van der Waals surface area contributed by atoms with E-state index in [1.165, 1.54) is 0 Å². The maximum atomic E-state index is 11.6. The first-order chi connectivity index (χ1) is 9.43. The van der Waals surface area contributed by atoms with Crippen LogP contribution in [0.2, 0.25) is 0 Å². The van der Waals surface area contributed by atoms with Crippen LogP contribution in [-0.2, 0) is 9.59 Å². The number of carbonyl (C=O) groups is 3. The molecule has 0 fully saturated rings. The molecule has 0 saturated carbocycles. The van der Waals surface area contributed by atoms with Crippen molar-refractivity contribution in [2.24, 2.45) is 0 Å². The Morgan fingerprint density at radius 3 is 2.45 bits per heavy atom. The first kappa shape index (κ1) is 15.7. The van der Waals surface area contributed by atoms with Crippen LogP contribution in [0.15, 0.2) is 18.2 Å². The first-order valence-corrected chi connectivity index (χ1v) is 6.28. The fraction of sp³-hybridized carbons (Fsp3) is 0.357. The predicted octanol–water partition coefficient (Wildman–Crippen LogP) is 1.55. The van der Waals surface area contributed by atoms with Crippen molar-refractivity contribution in [1.82, 2.24) is 5.32 Å². The lowest BCUT2D eigenvalue weighted by Gasteiger charge is -2.09. The molecule has 0 aliphatic heterocycles. The fourth-order valence-electron chi connectivity index (χ4n) is 1.70. The van der Waals surface area contributed by atoms with Gasteiger partial charge in [-0.25, -0.2) is 0 Å². The second-order valence-electron chi connectivity index (χ2n) is 4.40. The van der Waals surface area contributed by atoms with E-state index >= 15 is 0 Å². The molecular weight excluding hydrogens is 260 g/mol. The summed E-state index contributed by atoms with van der Waals surface area (Å²) >= 11 is 0. The van der Waals surface area contributed by atoms with Crippen LogP contribution in [0.5, 0.6) is 0 Å². The molecule has 0 aromatic heterocycles. The zero-order valence-electron chi connectivity index (χ0n) is 11.5. The van der Waals surface area contributed by atoms with Crippen molar-refractivity contribution in [3.63, 3.8) is 0 Å². The molecular formula is C14H18N2O4. The molecule has 0 heterocycles. The van der Waals surface area contributed by atoms with Crippen LogP contribution in [0, 0.1) is 6.92 Å². The van der Waals surface area contributed by atoms with Crippen LogP contribution in [0.4, 0.5) is 5.69 Å². The van der Waals surface area contributed by atoms with Crippen LogP contribution in [0.1, 0.15) is 35.2 Å². The summed E-state index contributed by atoms with van der Waals surface area (Å²) in [4.78, 5) is 33.4. The van der Waals surface area contributed by atoms with Crippen LogP contribution in [0.3, 0.4) is 0 Å². The van der Waals surface area contributed by atoms with Crippen LogP contribution in [0.25, 0.3) is 0 Å². The van der Waals surface area contributed by atoms with Crippen molar-refractivity contribution in [3.8, 4) is 0 Å². The van der Waals surface area contributed by atoms with Crippen molar-refractivity contribution in [1.29, 1.82) is 0 Å². The molecule has 0 radical (unpaired) electrons. The average molecular weight is 278 g/mol. The summed E-state index contributed by atoms with van der Waals surface area (Å²) in [5.74, 6) is -1.33. The summed E-state index contributed by atoms with van der Waals surface area (Å²) < 4.78 is 0. The SMILES string of the molecule is CNC(=O)c1ccc(NC(=O)CCCC(=O)O)c(C)c1. The quantitative estimate of drug-likeness (QED) is 0.735. The standard InChI is InChI=1S/C14H18N2O4/c1-9-8-10(14(20)15-2)6-7-11(9)16-12(17)4-3-5-13(18)19/h6-8H,3-5H2,1-2H3,(H,15,20)(H,16,17)(H,18,19). The molecule has 108 valence electrons. The van der Waals surface area contributed by atoms with Crippen molar-refractivity contribution >= 4 is 23.5 Å². The number of hydrogen-bond acceptors (Lipinski definition) is 3. The van der Waals surface area contributed by atoms with Crippen molar-refractivity contribution in [2.45, 2.75) is 26.2 Å². The lowest BCUT2D eigenvalue weighted by atomic mass is 10.1. The molecule has 0 spiro atoms. The smallest absolute Gasteiger partial charge is 0.303 e. The number of aryl methyl sites for hydroxylation is 1. The van der Waals surface area contributed by atoms with Crippen LogP contribution >= 0.6 is 0 Å². The maximum absolute atomic E-state index is 11.6. The highest BCUT2D eigenvalue weighted by Gasteiger charge is 2.09. The normalized spacial score (nSPS) is 9.90. The Labute approximate surface area is 117 Å². The van der Waals surface area contributed by atoms with Gasteiger partial charge in [0.1, 0.15) is 0 Å². The Bertz CT molecular complexity index is 526. The van der Waals surface area contributed by atoms with E-state index in [9.17, 15) is 14.4 Å². The Morgan fingerprint density at radius 2 is 1.90 bits per heavy atom. The molecule has 0 saturated heterocycles. The van der Waals surface area contributed by atoms with Crippen molar-refractivity contribution in [2.75, 3.05) is 12.4 Å². The minimum absolute atomic E-state index is 0.0258. The van der Waals surface area contributed by atoms with E-state index in [0.717, 1.165) is 5.56 Å². The highest BCUT2D eigenvalue weighted by atomic mass is 16.4. The molecule has 0 bridgehead atoms. The molecule has 0 atom stereocenters. The van der Waals surface area contributed by atoms with Gasteiger partial charge in [-0.3, -0.25) is 14.4 Å². The topological polar surface area (TPSA) is 95.5 Å². The van der Waals surface area contributed by atoms with Gasteiger partial charge in [0.15, 0.2) is 0 Å². The molecule has 0 aliphatic rings. The van der Waals surface area contributed by atoms with E-state index in [1.807, 2.05) is 0 Å². The minimum Gasteiger partial charge on any atom is -0.481 e. The number of nitrogens with one attached hydrogen (secondary N) is 2. The Balaban J connectivity index is 2.62. The van der Waals surface area contributed by atoms with Crippen molar-refractivity contribution in [3.05, 3.63) is 29.3 Å². The molecule has 20 heavy (non-hydrogen) atoms. The lowest BCUT2D eigenvalue weighted by molar-refractivity contribution is -0.137. The Kier molecular flexibility index (Phi) is 5.71. The molecule has 1 rings (SSSR count). The Morgan fingerprint density at radius 1 is 1.20 bits per heavy atom. The largest absolute Gasteiger partial charge is 0.481 e. The predicted molar refractivity (Wildman–Crippen MR) is 74.7 cm³/mol. The molecule has 6 heteroatoms. The van der Waals surface area contributed by atoms with Crippen LogP contribution < -0.4 is 10.6 Å². The number of rotatable bonds is 6. The monoisotopic (exact) mass is 278 g/mol. The van der Waals surface area contributed by atoms with Gasteiger partial charge in [-0.1, -0.05) is 0 Å².